The van der Waals surface area contributed by atoms with E-state index in [0.717, 1.165) is 38.5 Å². The van der Waals surface area contributed by atoms with E-state index in [2.05, 4.69) is 53.3 Å². The SMILES string of the molecule is C[C@H](CC[C@@H](O[C@@H]1O[C@H](CO[C@@H]2OC(C=C=CO)[C@@H](O)C[C@H]2O)[C@@H](O)[C@H](O)[C@H]1O[C@H]1O[C@@H](CO)[C@H](O)[C@@H](O)[C@@H]1O)C(C)(C)O)C1CC[C@@]2(C)C3CC=C4C(CC[C@H](O[C@@H]5O[C@H](CO)C([C@@H]6C[C@H](CO)[C@@H](O)[C@H](O)[C@H]6O)[C@H](O)[C@H]5O)C4(C)C)[C@]3(C)CC[C@]12C. The van der Waals surface area contributed by atoms with Crippen molar-refractivity contribution in [1.82, 2.24) is 0 Å². The fourth-order valence-electron chi connectivity index (χ4n) is 18.2. The van der Waals surface area contributed by atoms with Crippen LogP contribution in [0.2, 0.25) is 0 Å². The number of hydrogen-bond acceptors (Lipinski definition) is 25. The topological polar surface area (TPSA) is 418 Å². The minimum absolute atomic E-state index is 0.0160. The largest absolute Gasteiger partial charge is 0.507 e. The quantitative estimate of drug-likeness (QED) is 0.0420. The fourth-order valence-corrected chi connectivity index (χ4v) is 18.2. The molecule has 25 heteroatoms. The second kappa shape index (κ2) is 27.4. The zero-order valence-corrected chi connectivity index (χ0v) is 52.0. The lowest BCUT2D eigenvalue weighted by Gasteiger charge is -2.66. The molecule has 5 unspecified atom stereocenters. The van der Waals surface area contributed by atoms with E-state index in [9.17, 15) is 81.7 Å². The molecule has 506 valence electrons. The van der Waals surface area contributed by atoms with Gasteiger partial charge in [0.05, 0.1) is 68.1 Å². The lowest BCUT2D eigenvalue weighted by atomic mass is 9.39. The van der Waals surface area contributed by atoms with Crippen molar-refractivity contribution in [2.75, 3.05) is 26.4 Å². The number of ether oxygens (including phenoxy) is 8. The molecule has 4 saturated carbocycles. The van der Waals surface area contributed by atoms with Crippen molar-refractivity contribution in [3.05, 3.63) is 29.7 Å². The van der Waals surface area contributed by atoms with Gasteiger partial charge in [-0.25, -0.2) is 0 Å². The Balaban J connectivity index is 0.880. The zero-order chi connectivity index (χ0) is 64.5. The van der Waals surface area contributed by atoms with Crippen molar-refractivity contribution < 1.29 is 125 Å². The van der Waals surface area contributed by atoms with E-state index >= 15 is 0 Å². The minimum Gasteiger partial charge on any atom is -0.507 e. The summed E-state index contributed by atoms with van der Waals surface area (Å²) in [6, 6.07) is 0. The highest BCUT2D eigenvalue weighted by Gasteiger charge is 2.68. The molecule has 25 nitrogen and oxygen atoms in total. The summed E-state index contributed by atoms with van der Waals surface area (Å²) in [5.74, 6) is -1.83. The van der Waals surface area contributed by atoms with E-state index in [4.69, 9.17) is 43.0 Å². The average Bonchev–Trinajstić information content (AvgIpc) is 1.36. The van der Waals surface area contributed by atoms with E-state index in [-0.39, 0.29) is 53.3 Å². The van der Waals surface area contributed by atoms with Crippen molar-refractivity contribution in [2.24, 2.45) is 63.1 Å². The molecule has 0 aromatic carbocycles. The van der Waals surface area contributed by atoms with Crippen LogP contribution >= 0.6 is 0 Å². The van der Waals surface area contributed by atoms with Crippen LogP contribution in [0.4, 0.5) is 0 Å². The van der Waals surface area contributed by atoms with Gasteiger partial charge in [0.1, 0.15) is 79.5 Å². The Morgan fingerprint density at radius 2 is 1.27 bits per heavy atom. The van der Waals surface area contributed by atoms with E-state index in [1.807, 2.05) is 0 Å². The lowest BCUT2D eigenvalue weighted by molar-refractivity contribution is -0.379. The van der Waals surface area contributed by atoms with Gasteiger partial charge >= 0.3 is 0 Å². The summed E-state index contributed by atoms with van der Waals surface area (Å²) in [4.78, 5) is 0. The first-order valence-corrected chi connectivity index (χ1v) is 32.0. The van der Waals surface area contributed by atoms with Gasteiger partial charge in [-0.1, -0.05) is 58.9 Å². The Hall–Kier alpha value is -1.90. The van der Waals surface area contributed by atoms with E-state index in [0.29, 0.717) is 25.0 Å². The van der Waals surface area contributed by atoms with E-state index < -0.39 is 196 Å². The molecule has 17 N–H and O–H groups in total. The number of allylic oxidation sites excluding steroid dienone is 1. The third-order valence-electron chi connectivity index (χ3n) is 23.7. The van der Waals surface area contributed by atoms with Crippen molar-refractivity contribution in [2.45, 2.75) is 273 Å². The van der Waals surface area contributed by atoms with Crippen LogP contribution in [-0.2, 0) is 37.9 Å². The van der Waals surface area contributed by atoms with Gasteiger partial charge in [-0.2, -0.15) is 0 Å². The number of aliphatic hydroxyl groups excluding tert-OH is 16. The van der Waals surface area contributed by atoms with Crippen LogP contribution in [0.5, 0.6) is 0 Å². The molecule has 0 bridgehead atoms. The summed E-state index contributed by atoms with van der Waals surface area (Å²) in [6.45, 7) is 14.7. The maximum atomic E-state index is 11.9. The number of rotatable bonds is 19. The smallest absolute Gasteiger partial charge is 0.187 e. The molecule has 88 heavy (non-hydrogen) atoms. The van der Waals surface area contributed by atoms with Crippen molar-refractivity contribution in [3.8, 4) is 0 Å². The molecule has 9 rings (SSSR count). The zero-order valence-electron chi connectivity index (χ0n) is 52.0. The first-order valence-electron chi connectivity index (χ1n) is 32.0. The molecule has 4 aliphatic heterocycles. The molecule has 0 aromatic heterocycles. The average molecular weight is 1260 g/mol. The monoisotopic (exact) mass is 1260 g/mol. The molecule has 4 heterocycles. The van der Waals surface area contributed by atoms with Crippen LogP contribution in [0.15, 0.2) is 29.7 Å². The summed E-state index contributed by atoms with van der Waals surface area (Å²) in [7, 11) is 0. The predicted molar refractivity (Wildman–Crippen MR) is 307 cm³/mol. The first kappa shape index (κ1) is 70.4. The van der Waals surface area contributed by atoms with Crippen molar-refractivity contribution in [1.29, 1.82) is 0 Å². The van der Waals surface area contributed by atoms with Crippen LogP contribution < -0.4 is 0 Å². The second-order valence-corrected chi connectivity index (χ2v) is 29.3. The van der Waals surface area contributed by atoms with Crippen LogP contribution in [0.25, 0.3) is 0 Å². The fraction of sp³-hybridized carbons (Fsp3) is 0.921. The van der Waals surface area contributed by atoms with Gasteiger partial charge in [0.25, 0.3) is 0 Å². The number of hydrogen-bond donors (Lipinski definition) is 17. The summed E-state index contributed by atoms with van der Waals surface area (Å²) >= 11 is 0. The molecule has 9 aliphatic rings. The third-order valence-corrected chi connectivity index (χ3v) is 23.7. The van der Waals surface area contributed by atoms with Crippen LogP contribution in [-0.4, -0.2) is 260 Å². The summed E-state index contributed by atoms with van der Waals surface area (Å²) in [5.41, 5.74) is 1.38. The normalized spacial score (nSPS) is 50.3. The molecular weight excluding hydrogens is 1160 g/mol. The lowest BCUT2D eigenvalue weighted by Crippen LogP contribution is -2.65. The first-order chi connectivity index (χ1) is 41.3. The van der Waals surface area contributed by atoms with E-state index in [1.165, 1.54) is 11.6 Å². The Labute approximate surface area is 515 Å². The maximum absolute atomic E-state index is 11.9. The predicted octanol–water partition coefficient (Wildman–Crippen LogP) is -0.972. The van der Waals surface area contributed by atoms with Gasteiger partial charge in [-0.15, -0.1) is 0 Å². The second-order valence-electron chi connectivity index (χ2n) is 29.3. The third kappa shape index (κ3) is 12.9. The van der Waals surface area contributed by atoms with Crippen LogP contribution in [0.1, 0.15) is 126 Å². The Morgan fingerprint density at radius 1 is 0.636 bits per heavy atom. The molecule has 33 atom stereocenters. The summed E-state index contributed by atoms with van der Waals surface area (Å²) in [6.07, 6.45) is -22.4. The molecule has 0 amide bonds. The van der Waals surface area contributed by atoms with Gasteiger partial charge in [-0.05, 0) is 130 Å². The molecule has 4 saturated heterocycles. The van der Waals surface area contributed by atoms with Gasteiger partial charge in [0.2, 0.25) is 0 Å². The number of fused-ring (bicyclic) bond motifs is 5. The highest BCUT2D eigenvalue weighted by molar-refractivity contribution is 5.30. The molecular formula is C63H104O25. The molecule has 8 fully saturated rings. The molecule has 0 aromatic rings. The summed E-state index contributed by atoms with van der Waals surface area (Å²) in [5, 5.41) is 184. The van der Waals surface area contributed by atoms with Crippen molar-refractivity contribution >= 4 is 0 Å². The van der Waals surface area contributed by atoms with Gasteiger partial charge in [0, 0.05) is 30.3 Å². The van der Waals surface area contributed by atoms with E-state index in [1.54, 1.807) is 13.8 Å². The molecule has 0 radical (unpaired) electrons. The molecule has 0 spiro atoms. The minimum atomic E-state index is -1.91. The highest BCUT2D eigenvalue weighted by Crippen LogP contribution is 2.75. The van der Waals surface area contributed by atoms with Crippen molar-refractivity contribution in [3.63, 3.8) is 0 Å². The Bertz CT molecular complexity index is 2400. The van der Waals surface area contributed by atoms with Gasteiger partial charge < -0.3 is 125 Å². The van der Waals surface area contributed by atoms with Crippen LogP contribution in [0.3, 0.4) is 0 Å². The Kier molecular flexibility index (Phi) is 22.0. The molecule has 5 aliphatic carbocycles. The number of aliphatic hydroxyl groups is 17. The highest BCUT2D eigenvalue weighted by atomic mass is 16.8. The summed E-state index contributed by atoms with van der Waals surface area (Å²) < 4.78 is 49.2. The van der Waals surface area contributed by atoms with Gasteiger partial charge in [0.15, 0.2) is 25.2 Å². The standard InChI is InChI=1S/C63H104O25/c1-28(11-15-42(60(4,5)80)87-58-54(88-57-53(79)50(76)46(72)38(26-67)84-57)51(77)47(73)39(85-58)27-81-55-35(69)23-34(68)36(82-55)10-9-21-64)31-17-18-63(8)40-14-12-32-33(61(40,6)19-20-62(31,63)7)13-16-41(59(32,2)3)86-56-52(78)48(74)43(37(25-66)83-56)30-22-29(24-65)44(70)49(75)45(30)71/h10,12,21,28-31,33-58,64-80H,11,13-20,22-27H2,1-8H3/t9?,28-,29-,30+,31?,33?,34+,35-,36?,37-,38+,39-,40?,41+,42-,43?,44-,45+,46+,47-,48+,49+,50-,51+,52-,53+,54-,55-,56+,57-,58+,61+,62-,63+/m1/s1. The van der Waals surface area contributed by atoms with Crippen LogP contribution in [0, 0.1) is 63.1 Å². The van der Waals surface area contributed by atoms with Gasteiger partial charge in [-0.3, -0.25) is 0 Å². The maximum Gasteiger partial charge on any atom is 0.187 e. The Morgan fingerprint density at radius 3 is 1.93 bits per heavy atom.